The van der Waals surface area contributed by atoms with Crippen LogP contribution in [-0.4, -0.2) is 27.4 Å². The van der Waals surface area contributed by atoms with Crippen molar-refractivity contribution in [2.75, 3.05) is 5.32 Å². The fourth-order valence-electron chi connectivity index (χ4n) is 1.85. The molecular weight excluding hydrogens is 210 g/mol. The fourth-order valence-corrected chi connectivity index (χ4v) is 2.61. The van der Waals surface area contributed by atoms with E-state index in [1.54, 1.807) is 11.3 Å². The average molecular weight is 227 g/mol. The number of anilines is 1. The van der Waals surface area contributed by atoms with Gasteiger partial charge < -0.3 is 10.4 Å². The highest BCUT2D eigenvalue weighted by atomic mass is 32.1. The van der Waals surface area contributed by atoms with Crippen LogP contribution in [0.3, 0.4) is 0 Å². The molecule has 1 heterocycles. The molecule has 1 saturated carbocycles. The molecule has 0 saturated heterocycles. The van der Waals surface area contributed by atoms with Crippen molar-refractivity contribution >= 4 is 16.5 Å². The van der Waals surface area contributed by atoms with E-state index in [9.17, 15) is 5.11 Å². The zero-order valence-electron chi connectivity index (χ0n) is 8.94. The number of aliphatic hydroxyl groups is 1. The largest absolute Gasteiger partial charge is 0.393 e. The van der Waals surface area contributed by atoms with Gasteiger partial charge in [0.2, 0.25) is 5.13 Å². The minimum atomic E-state index is -0.0938. The van der Waals surface area contributed by atoms with Crippen LogP contribution in [0.2, 0.25) is 0 Å². The summed E-state index contributed by atoms with van der Waals surface area (Å²) >= 11 is 1.63. The number of rotatable bonds is 3. The van der Waals surface area contributed by atoms with Gasteiger partial charge in [-0.1, -0.05) is 18.3 Å². The summed E-state index contributed by atoms with van der Waals surface area (Å²) in [6.07, 6.45) is 4.71. The van der Waals surface area contributed by atoms with Gasteiger partial charge in [-0.15, -0.1) is 10.2 Å². The van der Waals surface area contributed by atoms with Crippen molar-refractivity contribution in [1.82, 2.24) is 10.2 Å². The zero-order chi connectivity index (χ0) is 10.7. The number of aliphatic hydroxyl groups excluding tert-OH is 1. The van der Waals surface area contributed by atoms with E-state index in [1.807, 2.05) is 0 Å². The Kier molecular flexibility index (Phi) is 3.53. The lowest BCUT2D eigenvalue weighted by molar-refractivity contribution is 0.126. The van der Waals surface area contributed by atoms with Crippen LogP contribution < -0.4 is 5.32 Å². The molecule has 0 aromatic carbocycles. The smallest absolute Gasteiger partial charge is 0.205 e. The van der Waals surface area contributed by atoms with Crippen molar-refractivity contribution in [3.8, 4) is 0 Å². The summed E-state index contributed by atoms with van der Waals surface area (Å²) in [4.78, 5) is 0. The summed E-state index contributed by atoms with van der Waals surface area (Å²) in [5, 5.41) is 22.9. The first-order valence-corrected chi connectivity index (χ1v) is 6.36. The monoisotopic (exact) mass is 227 g/mol. The minimum absolute atomic E-state index is 0.0938. The van der Waals surface area contributed by atoms with Crippen molar-refractivity contribution < 1.29 is 5.11 Å². The van der Waals surface area contributed by atoms with Gasteiger partial charge in [-0.25, -0.2) is 0 Å². The average Bonchev–Trinajstić information content (AvgIpc) is 2.69. The maximum Gasteiger partial charge on any atom is 0.205 e. The summed E-state index contributed by atoms with van der Waals surface area (Å²) in [5.74, 6) is 0. The summed E-state index contributed by atoms with van der Waals surface area (Å²) < 4.78 is 0. The highest BCUT2D eigenvalue weighted by Gasteiger charge is 2.19. The molecule has 0 aliphatic heterocycles. The Morgan fingerprint density at radius 2 is 2.07 bits per heavy atom. The normalized spacial score (nSPS) is 26.5. The Morgan fingerprint density at radius 3 is 2.67 bits per heavy atom. The van der Waals surface area contributed by atoms with Gasteiger partial charge in [-0.3, -0.25) is 0 Å². The van der Waals surface area contributed by atoms with Gasteiger partial charge in [0.05, 0.1) is 6.10 Å². The summed E-state index contributed by atoms with van der Waals surface area (Å²) in [6, 6.07) is 0.464. The number of nitrogens with zero attached hydrogens (tertiary/aromatic N) is 2. The van der Waals surface area contributed by atoms with Crippen LogP contribution in [-0.2, 0) is 6.42 Å². The number of nitrogens with one attached hydrogen (secondary N) is 1. The van der Waals surface area contributed by atoms with Crippen LogP contribution in [0.1, 0.15) is 37.6 Å². The predicted octanol–water partition coefficient (Wildman–Crippen LogP) is 1.82. The minimum Gasteiger partial charge on any atom is -0.393 e. The van der Waals surface area contributed by atoms with E-state index in [2.05, 4.69) is 22.4 Å². The molecule has 0 spiro atoms. The molecule has 0 amide bonds. The van der Waals surface area contributed by atoms with Gasteiger partial charge in [0, 0.05) is 6.04 Å². The second-order valence-corrected chi connectivity index (χ2v) is 5.07. The summed E-state index contributed by atoms with van der Waals surface area (Å²) in [7, 11) is 0. The molecule has 1 aliphatic carbocycles. The third-order valence-corrected chi connectivity index (χ3v) is 3.79. The van der Waals surface area contributed by atoms with Crippen LogP contribution in [0.25, 0.3) is 0 Å². The van der Waals surface area contributed by atoms with Crippen molar-refractivity contribution in [2.24, 2.45) is 0 Å². The van der Waals surface area contributed by atoms with Gasteiger partial charge in [-0.2, -0.15) is 0 Å². The number of aryl methyl sites for hydroxylation is 1. The third-order valence-electron chi connectivity index (χ3n) is 2.79. The number of hydrogen-bond acceptors (Lipinski definition) is 5. The molecule has 5 heteroatoms. The van der Waals surface area contributed by atoms with Crippen LogP contribution in [0.15, 0.2) is 0 Å². The molecule has 1 aromatic rings. The first kappa shape index (κ1) is 10.8. The van der Waals surface area contributed by atoms with Crippen LogP contribution >= 0.6 is 11.3 Å². The molecule has 2 rings (SSSR count). The lowest BCUT2D eigenvalue weighted by Gasteiger charge is -2.25. The summed E-state index contributed by atoms with van der Waals surface area (Å²) in [6.45, 7) is 2.08. The second-order valence-electron chi connectivity index (χ2n) is 4.00. The number of aromatic nitrogens is 2. The Morgan fingerprint density at radius 1 is 1.33 bits per heavy atom. The Balaban J connectivity index is 1.86. The quantitative estimate of drug-likeness (QED) is 0.827. The van der Waals surface area contributed by atoms with E-state index in [4.69, 9.17) is 0 Å². The Labute approximate surface area is 93.7 Å². The van der Waals surface area contributed by atoms with E-state index < -0.39 is 0 Å². The molecule has 0 radical (unpaired) electrons. The second kappa shape index (κ2) is 4.90. The predicted molar refractivity (Wildman–Crippen MR) is 61.2 cm³/mol. The molecule has 0 unspecified atom stereocenters. The molecule has 1 aromatic heterocycles. The fraction of sp³-hybridized carbons (Fsp3) is 0.800. The van der Waals surface area contributed by atoms with Gasteiger partial charge >= 0.3 is 0 Å². The molecule has 2 N–H and O–H groups in total. The first-order chi connectivity index (χ1) is 7.28. The highest BCUT2D eigenvalue weighted by Crippen LogP contribution is 2.23. The lowest BCUT2D eigenvalue weighted by Crippen LogP contribution is -2.28. The molecule has 4 nitrogen and oxygen atoms in total. The van der Waals surface area contributed by atoms with Gasteiger partial charge in [0.15, 0.2) is 0 Å². The van der Waals surface area contributed by atoms with Crippen LogP contribution in [0.4, 0.5) is 5.13 Å². The van der Waals surface area contributed by atoms with Crippen molar-refractivity contribution in [2.45, 2.75) is 51.2 Å². The highest BCUT2D eigenvalue weighted by molar-refractivity contribution is 7.15. The molecule has 15 heavy (non-hydrogen) atoms. The standard InChI is InChI=1S/C10H17N3OS/c1-2-9-12-13-10(15-9)11-7-3-5-8(14)6-4-7/h7-8,14H,2-6H2,1H3,(H,11,13). The zero-order valence-corrected chi connectivity index (χ0v) is 9.76. The van der Waals surface area contributed by atoms with Gasteiger partial charge in [0.25, 0.3) is 0 Å². The van der Waals surface area contributed by atoms with Crippen LogP contribution in [0, 0.1) is 0 Å². The molecule has 0 bridgehead atoms. The third kappa shape index (κ3) is 2.89. The van der Waals surface area contributed by atoms with Crippen molar-refractivity contribution in [3.05, 3.63) is 5.01 Å². The van der Waals surface area contributed by atoms with E-state index in [0.717, 1.165) is 42.2 Å². The number of hydrogen-bond donors (Lipinski definition) is 2. The van der Waals surface area contributed by atoms with Gasteiger partial charge in [0.1, 0.15) is 5.01 Å². The summed E-state index contributed by atoms with van der Waals surface area (Å²) in [5.41, 5.74) is 0. The first-order valence-electron chi connectivity index (χ1n) is 5.55. The van der Waals surface area contributed by atoms with Crippen LogP contribution in [0.5, 0.6) is 0 Å². The molecule has 0 atom stereocenters. The maximum absolute atomic E-state index is 9.38. The Bertz CT molecular complexity index is 307. The SMILES string of the molecule is CCc1nnc(NC2CCC(O)CC2)s1. The molecule has 1 aliphatic rings. The van der Waals surface area contributed by atoms with Gasteiger partial charge in [-0.05, 0) is 32.1 Å². The lowest BCUT2D eigenvalue weighted by atomic mass is 9.93. The van der Waals surface area contributed by atoms with E-state index >= 15 is 0 Å². The van der Waals surface area contributed by atoms with E-state index in [-0.39, 0.29) is 6.10 Å². The van der Waals surface area contributed by atoms with Crippen molar-refractivity contribution in [1.29, 1.82) is 0 Å². The Hall–Kier alpha value is -0.680. The molecule has 84 valence electrons. The molecule has 1 fully saturated rings. The topological polar surface area (TPSA) is 58.0 Å². The molecular formula is C10H17N3OS. The van der Waals surface area contributed by atoms with E-state index in [0.29, 0.717) is 6.04 Å². The maximum atomic E-state index is 9.38. The van der Waals surface area contributed by atoms with Crippen molar-refractivity contribution in [3.63, 3.8) is 0 Å². The van der Waals surface area contributed by atoms with E-state index in [1.165, 1.54) is 0 Å².